The van der Waals surface area contributed by atoms with E-state index in [1.54, 1.807) is 0 Å². The van der Waals surface area contributed by atoms with E-state index in [2.05, 4.69) is 15.4 Å². The van der Waals surface area contributed by atoms with Gasteiger partial charge in [-0.3, -0.25) is 4.79 Å². The molecule has 5 nitrogen and oxygen atoms in total. The van der Waals surface area contributed by atoms with Crippen LogP contribution in [0.1, 0.15) is 41.0 Å². The van der Waals surface area contributed by atoms with Crippen molar-refractivity contribution in [2.45, 2.75) is 19.4 Å². The van der Waals surface area contributed by atoms with Gasteiger partial charge >= 0.3 is 0 Å². The van der Waals surface area contributed by atoms with Crippen molar-refractivity contribution < 1.29 is 18.0 Å². The van der Waals surface area contributed by atoms with Crippen molar-refractivity contribution in [1.29, 1.82) is 0 Å². The summed E-state index contributed by atoms with van der Waals surface area (Å²) in [4.78, 5) is 17.2. The molecule has 1 unspecified atom stereocenters. The molecule has 2 aromatic carbocycles. The third kappa shape index (κ3) is 3.76. The summed E-state index contributed by atoms with van der Waals surface area (Å²) < 4.78 is 41.5. The van der Waals surface area contributed by atoms with Gasteiger partial charge in [-0.05, 0) is 42.8 Å². The molecule has 2 aromatic heterocycles. The van der Waals surface area contributed by atoms with Gasteiger partial charge in [-0.15, -0.1) is 0 Å². The van der Waals surface area contributed by atoms with Crippen LogP contribution in [0.15, 0.2) is 66.9 Å². The van der Waals surface area contributed by atoms with Gasteiger partial charge < -0.3 is 5.32 Å². The van der Waals surface area contributed by atoms with Crippen LogP contribution in [0.4, 0.5) is 13.2 Å². The molecule has 1 amide bonds. The fourth-order valence-corrected chi connectivity index (χ4v) is 3.17. The van der Waals surface area contributed by atoms with Crippen LogP contribution >= 0.6 is 0 Å². The fraction of sp³-hybridized carbons (Fsp3) is 0.136. The van der Waals surface area contributed by atoms with E-state index in [-0.39, 0.29) is 22.9 Å². The molecule has 0 saturated carbocycles. The minimum atomic E-state index is -2.84. The highest BCUT2D eigenvalue weighted by Crippen LogP contribution is 2.27. The molecule has 0 aliphatic heterocycles. The number of carbonyl (C=O) groups excluding carboxylic acids is 1. The Labute approximate surface area is 170 Å². The maximum atomic E-state index is 13.6. The predicted molar refractivity (Wildman–Crippen MR) is 106 cm³/mol. The molecule has 30 heavy (non-hydrogen) atoms. The van der Waals surface area contributed by atoms with Gasteiger partial charge in [0.2, 0.25) is 0 Å². The van der Waals surface area contributed by atoms with Gasteiger partial charge in [0.25, 0.3) is 12.3 Å². The van der Waals surface area contributed by atoms with Crippen LogP contribution in [0.25, 0.3) is 16.9 Å². The van der Waals surface area contributed by atoms with Crippen molar-refractivity contribution in [2.75, 3.05) is 0 Å². The Morgan fingerprint density at radius 1 is 1.07 bits per heavy atom. The van der Waals surface area contributed by atoms with Gasteiger partial charge in [0.05, 0.1) is 17.9 Å². The number of carbonyl (C=O) groups is 1. The Kier molecular flexibility index (Phi) is 5.22. The Balaban J connectivity index is 1.75. The molecular formula is C22H17F3N4O. The number of benzene rings is 2. The largest absolute Gasteiger partial charge is 0.345 e. The molecule has 0 spiro atoms. The molecule has 0 fully saturated rings. The lowest BCUT2D eigenvalue weighted by molar-refractivity contribution is 0.0941. The van der Waals surface area contributed by atoms with E-state index in [9.17, 15) is 18.0 Å². The zero-order valence-corrected chi connectivity index (χ0v) is 15.9. The van der Waals surface area contributed by atoms with Crippen LogP contribution in [0, 0.1) is 5.82 Å². The molecule has 4 aromatic rings. The van der Waals surface area contributed by atoms with Gasteiger partial charge in [-0.25, -0.2) is 22.7 Å². The van der Waals surface area contributed by atoms with Crippen LogP contribution in [-0.4, -0.2) is 20.5 Å². The van der Waals surface area contributed by atoms with E-state index in [0.717, 1.165) is 10.1 Å². The zero-order valence-electron chi connectivity index (χ0n) is 15.9. The quantitative estimate of drug-likeness (QED) is 0.506. The normalized spacial score (nSPS) is 12.3. The number of aromatic nitrogens is 3. The van der Waals surface area contributed by atoms with E-state index >= 15 is 0 Å². The second kappa shape index (κ2) is 7.98. The Morgan fingerprint density at radius 2 is 1.77 bits per heavy atom. The number of halogens is 3. The summed E-state index contributed by atoms with van der Waals surface area (Å²) in [7, 11) is 0. The van der Waals surface area contributed by atoms with E-state index < -0.39 is 23.8 Å². The molecule has 8 heteroatoms. The number of rotatable bonds is 5. The number of alkyl halides is 2. The topological polar surface area (TPSA) is 59.3 Å². The molecule has 1 N–H and O–H groups in total. The Hall–Kier alpha value is -3.68. The van der Waals surface area contributed by atoms with Crippen molar-refractivity contribution in [3.05, 3.63) is 89.5 Å². The fourth-order valence-electron chi connectivity index (χ4n) is 3.17. The first-order chi connectivity index (χ1) is 14.4. The smallest absolute Gasteiger partial charge is 0.280 e. The molecule has 0 bridgehead atoms. The summed E-state index contributed by atoms with van der Waals surface area (Å²) in [5.41, 5.74) is 1.22. The second-order valence-electron chi connectivity index (χ2n) is 6.77. The van der Waals surface area contributed by atoms with Crippen molar-refractivity contribution in [2.24, 2.45) is 0 Å². The molecular weight excluding hydrogens is 393 g/mol. The summed E-state index contributed by atoms with van der Waals surface area (Å²) in [6.45, 7) is 1.82. The van der Waals surface area contributed by atoms with E-state index in [0.29, 0.717) is 5.56 Å². The summed E-state index contributed by atoms with van der Waals surface area (Å²) in [6, 6.07) is 15.5. The van der Waals surface area contributed by atoms with Crippen LogP contribution in [0.5, 0.6) is 0 Å². The monoisotopic (exact) mass is 410 g/mol. The van der Waals surface area contributed by atoms with Gasteiger partial charge in [0.1, 0.15) is 17.1 Å². The number of amides is 1. The molecule has 4 rings (SSSR count). The van der Waals surface area contributed by atoms with Gasteiger partial charge in [0.15, 0.2) is 5.65 Å². The third-order valence-electron chi connectivity index (χ3n) is 4.75. The molecule has 2 heterocycles. The lowest BCUT2D eigenvalue weighted by Gasteiger charge is -2.14. The summed E-state index contributed by atoms with van der Waals surface area (Å²) in [5, 5.41) is 6.78. The second-order valence-corrected chi connectivity index (χ2v) is 6.77. The number of nitrogens with zero attached hydrogens (tertiary/aromatic N) is 3. The van der Waals surface area contributed by atoms with Crippen LogP contribution in [0.3, 0.4) is 0 Å². The van der Waals surface area contributed by atoms with E-state index in [4.69, 9.17) is 0 Å². The summed E-state index contributed by atoms with van der Waals surface area (Å²) in [6.07, 6.45) is -1.62. The summed E-state index contributed by atoms with van der Waals surface area (Å²) in [5.74, 6) is -0.932. The minimum Gasteiger partial charge on any atom is -0.345 e. The van der Waals surface area contributed by atoms with Gasteiger partial charge in [-0.1, -0.05) is 30.3 Å². The number of hydrogen-bond acceptors (Lipinski definition) is 3. The highest BCUT2D eigenvalue weighted by Gasteiger charge is 2.22. The van der Waals surface area contributed by atoms with Crippen molar-refractivity contribution in [1.82, 2.24) is 19.9 Å². The number of hydrogen-bond donors (Lipinski definition) is 1. The maximum absolute atomic E-state index is 13.6. The Bertz CT molecular complexity index is 1190. The average Bonchev–Trinajstić information content (AvgIpc) is 3.18. The molecule has 0 aliphatic rings. The molecule has 1 atom stereocenters. The highest BCUT2D eigenvalue weighted by molar-refractivity contribution is 6.00. The number of fused-ring (bicyclic) bond motifs is 1. The first-order valence-corrected chi connectivity index (χ1v) is 9.22. The molecule has 0 aliphatic carbocycles. The third-order valence-corrected chi connectivity index (χ3v) is 4.75. The maximum Gasteiger partial charge on any atom is 0.280 e. The van der Waals surface area contributed by atoms with E-state index in [1.165, 1.54) is 36.5 Å². The van der Waals surface area contributed by atoms with Crippen LogP contribution in [0.2, 0.25) is 0 Å². The molecule has 0 saturated heterocycles. The predicted octanol–water partition coefficient (Wildman–Crippen LogP) is 4.96. The lowest BCUT2D eigenvalue weighted by atomic mass is 10.1. The lowest BCUT2D eigenvalue weighted by Crippen LogP contribution is -2.26. The highest BCUT2D eigenvalue weighted by atomic mass is 19.3. The van der Waals surface area contributed by atoms with E-state index in [1.807, 2.05) is 37.3 Å². The average molecular weight is 410 g/mol. The van der Waals surface area contributed by atoms with Gasteiger partial charge in [-0.2, -0.15) is 5.10 Å². The molecule has 152 valence electrons. The zero-order chi connectivity index (χ0) is 21.3. The van der Waals surface area contributed by atoms with Crippen molar-refractivity contribution in [3.63, 3.8) is 0 Å². The first kappa shape index (κ1) is 19.6. The van der Waals surface area contributed by atoms with Gasteiger partial charge in [0, 0.05) is 5.56 Å². The first-order valence-electron chi connectivity index (χ1n) is 9.22. The summed E-state index contributed by atoms with van der Waals surface area (Å²) >= 11 is 0. The number of nitrogens with one attached hydrogen (secondary N) is 1. The van der Waals surface area contributed by atoms with Crippen LogP contribution in [-0.2, 0) is 0 Å². The Morgan fingerprint density at radius 3 is 2.43 bits per heavy atom. The van der Waals surface area contributed by atoms with Crippen molar-refractivity contribution >= 4 is 11.6 Å². The van der Waals surface area contributed by atoms with Crippen molar-refractivity contribution in [3.8, 4) is 11.3 Å². The van der Waals surface area contributed by atoms with Crippen LogP contribution < -0.4 is 5.32 Å². The SMILES string of the molecule is CC(NC(=O)c1cnn2c(C(F)F)cc(-c3ccc(F)cc3)nc12)c1ccccc1. The minimum absolute atomic E-state index is 0.00452. The molecule has 0 radical (unpaired) electrons. The standard InChI is InChI=1S/C22H17F3N4O/c1-13(14-5-3-2-4-6-14)27-22(30)17-12-26-29-19(20(24)25)11-18(28-21(17)29)15-7-9-16(23)10-8-15/h2-13,20H,1H3,(H,27,30).